The molecule has 1 saturated carbocycles. The maximum atomic E-state index is 5.86. The van der Waals surface area contributed by atoms with E-state index in [1.165, 1.54) is 58.0 Å². The molecule has 1 heterocycles. The highest BCUT2D eigenvalue weighted by Gasteiger charge is 2.31. The first-order valence-corrected chi connectivity index (χ1v) is 9.33. The fraction of sp³-hybridized carbons (Fsp3) is 1.00. The number of rotatable bonds is 6. The van der Waals surface area contributed by atoms with Crippen molar-refractivity contribution in [2.75, 3.05) is 26.2 Å². The number of morpholine rings is 1. The highest BCUT2D eigenvalue weighted by Crippen LogP contribution is 2.26. The molecule has 21 heavy (non-hydrogen) atoms. The Morgan fingerprint density at radius 2 is 1.95 bits per heavy atom. The van der Waals surface area contributed by atoms with Crippen molar-refractivity contribution in [3.8, 4) is 0 Å². The summed E-state index contributed by atoms with van der Waals surface area (Å²) in [5.74, 6) is 0.832. The van der Waals surface area contributed by atoms with Gasteiger partial charge in [0.05, 0.1) is 12.7 Å². The van der Waals surface area contributed by atoms with Gasteiger partial charge in [-0.25, -0.2) is 0 Å². The van der Waals surface area contributed by atoms with Gasteiger partial charge in [0.2, 0.25) is 0 Å². The average Bonchev–Trinajstić information content (AvgIpc) is 2.71. The van der Waals surface area contributed by atoms with Crippen LogP contribution in [-0.4, -0.2) is 49.3 Å². The van der Waals surface area contributed by atoms with Crippen LogP contribution >= 0.6 is 0 Å². The van der Waals surface area contributed by atoms with Crippen LogP contribution in [0.4, 0.5) is 0 Å². The molecule has 0 bridgehead atoms. The summed E-state index contributed by atoms with van der Waals surface area (Å²) < 4.78 is 5.86. The van der Waals surface area contributed by atoms with Gasteiger partial charge in [0.1, 0.15) is 0 Å². The molecule has 2 fully saturated rings. The van der Waals surface area contributed by atoms with E-state index in [0.717, 1.165) is 25.1 Å². The monoisotopic (exact) mass is 296 g/mol. The minimum atomic E-state index is 0.403. The van der Waals surface area contributed by atoms with Crippen LogP contribution in [0, 0.1) is 5.92 Å². The van der Waals surface area contributed by atoms with E-state index in [2.05, 4.69) is 31.0 Å². The van der Waals surface area contributed by atoms with Crippen molar-refractivity contribution in [2.45, 2.75) is 83.9 Å². The summed E-state index contributed by atoms with van der Waals surface area (Å²) in [5, 5.41) is 3.84. The van der Waals surface area contributed by atoms with Crippen LogP contribution in [0.1, 0.15) is 65.7 Å². The number of nitrogens with zero attached hydrogens (tertiary/aromatic N) is 1. The zero-order chi connectivity index (χ0) is 15.1. The molecule has 124 valence electrons. The molecule has 2 aliphatic rings. The molecule has 3 nitrogen and oxygen atoms in total. The Morgan fingerprint density at radius 1 is 1.14 bits per heavy atom. The van der Waals surface area contributed by atoms with Gasteiger partial charge < -0.3 is 10.1 Å². The molecule has 0 spiro atoms. The Morgan fingerprint density at radius 3 is 2.71 bits per heavy atom. The van der Waals surface area contributed by atoms with Crippen molar-refractivity contribution in [2.24, 2.45) is 5.92 Å². The van der Waals surface area contributed by atoms with Gasteiger partial charge >= 0.3 is 0 Å². The Labute approximate surface area is 131 Å². The molecule has 1 aliphatic carbocycles. The van der Waals surface area contributed by atoms with Crippen molar-refractivity contribution >= 4 is 0 Å². The number of hydrogen-bond donors (Lipinski definition) is 1. The van der Waals surface area contributed by atoms with E-state index in [1.807, 2.05) is 0 Å². The number of nitrogens with one attached hydrogen (secondary N) is 1. The third-order valence-electron chi connectivity index (χ3n) is 5.34. The fourth-order valence-corrected chi connectivity index (χ4v) is 4.02. The SMILES string of the molecule is CCCNC1CCCCCC1CN1CC(C)OCC1CC. The molecule has 3 heteroatoms. The first-order chi connectivity index (χ1) is 10.2. The van der Waals surface area contributed by atoms with Crippen LogP contribution < -0.4 is 5.32 Å². The maximum Gasteiger partial charge on any atom is 0.0674 e. The van der Waals surface area contributed by atoms with E-state index in [4.69, 9.17) is 4.74 Å². The van der Waals surface area contributed by atoms with E-state index >= 15 is 0 Å². The van der Waals surface area contributed by atoms with Gasteiger partial charge in [0, 0.05) is 25.2 Å². The topological polar surface area (TPSA) is 24.5 Å². The smallest absolute Gasteiger partial charge is 0.0674 e. The number of ether oxygens (including phenoxy) is 1. The fourth-order valence-electron chi connectivity index (χ4n) is 4.02. The van der Waals surface area contributed by atoms with Gasteiger partial charge in [-0.2, -0.15) is 0 Å². The van der Waals surface area contributed by atoms with Gasteiger partial charge in [-0.1, -0.05) is 33.1 Å². The highest BCUT2D eigenvalue weighted by molar-refractivity contribution is 4.86. The van der Waals surface area contributed by atoms with Crippen molar-refractivity contribution in [3.05, 3.63) is 0 Å². The van der Waals surface area contributed by atoms with Crippen molar-refractivity contribution in [1.29, 1.82) is 0 Å². The molecule has 1 saturated heterocycles. The zero-order valence-electron chi connectivity index (χ0n) is 14.4. The van der Waals surface area contributed by atoms with E-state index < -0.39 is 0 Å². The normalized spacial score (nSPS) is 35.6. The molecule has 1 aliphatic heterocycles. The second kappa shape index (κ2) is 9.12. The summed E-state index contributed by atoms with van der Waals surface area (Å²) in [6.45, 7) is 11.3. The first kappa shape index (κ1) is 17.2. The third kappa shape index (κ3) is 5.22. The number of hydrogen-bond acceptors (Lipinski definition) is 3. The summed E-state index contributed by atoms with van der Waals surface area (Å²) >= 11 is 0. The molecular weight excluding hydrogens is 260 g/mol. The highest BCUT2D eigenvalue weighted by atomic mass is 16.5. The Balaban J connectivity index is 1.94. The summed E-state index contributed by atoms with van der Waals surface area (Å²) in [4.78, 5) is 2.73. The molecule has 1 N–H and O–H groups in total. The second-order valence-corrected chi connectivity index (χ2v) is 7.12. The van der Waals surface area contributed by atoms with Crippen molar-refractivity contribution in [1.82, 2.24) is 10.2 Å². The molecule has 0 amide bonds. The van der Waals surface area contributed by atoms with E-state index in [1.54, 1.807) is 0 Å². The molecule has 4 atom stereocenters. The van der Waals surface area contributed by atoms with Gasteiger partial charge in [0.25, 0.3) is 0 Å². The summed E-state index contributed by atoms with van der Waals surface area (Å²) in [6.07, 6.45) is 9.91. The average molecular weight is 296 g/mol. The van der Waals surface area contributed by atoms with Gasteiger partial charge in [0.15, 0.2) is 0 Å². The minimum absolute atomic E-state index is 0.403. The minimum Gasteiger partial charge on any atom is -0.376 e. The van der Waals surface area contributed by atoms with Crippen LogP contribution in [0.3, 0.4) is 0 Å². The Kier molecular flexibility index (Phi) is 7.48. The lowest BCUT2D eigenvalue weighted by Gasteiger charge is -2.41. The van der Waals surface area contributed by atoms with Gasteiger partial charge in [-0.05, 0) is 45.1 Å². The van der Waals surface area contributed by atoms with Crippen LogP contribution in [-0.2, 0) is 4.74 Å². The van der Waals surface area contributed by atoms with Crippen LogP contribution in [0.25, 0.3) is 0 Å². The predicted molar refractivity (Wildman–Crippen MR) is 89.7 cm³/mol. The summed E-state index contributed by atoms with van der Waals surface area (Å²) in [5.41, 5.74) is 0. The standard InChI is InChI=1S/C18H36N2O/c1-4-11-19-18-10-8-6-7-9-16(18)13-20-12-15(3)21-14-17(20)5-2/h15-19H,4-14H2,1-3H3. The zero-order valence-corrected chi connectivity index (χ0v) is 14.4. The molecule has 0 radical (unpaired) electrons. The summed E-state index contributed by atoms with van der Waals surface area (Å²) in [6, 6.07) is 1.37. The molecule has 4 unspecified atom stereocenters. The van der Waals surface area contributed by atoms with E-state index in [9.17, 15) is 0 Å². The third-order valence-corrected chi connectivity index (χ3v) is 5.34. The second-order valence-electron chi connectivity index (χ2n) is 7.12. The lowest BCUT2D eigenvalue weighted by atomic mass is 9.92. The lowest BCUT2D eigenvalue weighted by molar-refractivity contribution is -0.0625. The molecular formula is C18H36N2O. The van der Waals surface area contributed by atoms with Crippen molar-refractivity contribution < 1.29 is 4.74 Å². The van der Waals surface area contributed by atoms with E-state index in [0.29, 0.717) is 12.1 Å². The quantitative estimate of drug-likeness (QED) is 0.760. The van der Waals surface area contributed by atoms with Crippen LogP contribution in [0.5, 0.6) is 0 Å². The lowest BCUT2D eigenvalue weighted by Crippen LogP contribution is -2.52. The molecule has 2 rings (SSSR count). The van der Waals surface area contributed by atoms with Gasteiger partial charge in [-0.3, -0.25) is 4.90 Å². The first-order valence-electron chi connectivity index (χ1n) is 9.33. The van der Waals surface area contributed by atoms with Gasteiger partial charge in [-0.15, -0.1) is 0 Å². The predicted octanol–water partition coefficient (Wildman–Crippen LogP) is 3.43. The van der Waals surface area contributed by atoms with Crippen LogP contribution in [0.15, 0.2) is 0 Å². The van der Waals surface area contributed by atoms with Crippen molar-refractivity contribution in [3.63, 3.8) is 0 Å². The summed E-state index contributed by atoms with van der Waals surface area (Å²) in [7, 11) is 0. The largest absolute Gasteiger partial charge is 0.376 e. The Bertz CT molecular complexity index is 284. The maximum absolute atomic E-state index is 5.86. The Hall–Kier alpha value is -0.120. The molecule has 0 aromatic rings. The van der Waals surface area contributed by atoms with E-state index in [-0.39, 0.29) is 0 Å². The van der Waals surface area contributed by atoms with Crippen LogP contribution in [0.2, 0.25) is 0 Å². The molecule has 0 aromatic carbocycles. The molecule has 0 aromatic heterocycles.